The first-order valence-corrected chi connectivity index (χ1v) is 6.19. The largest absolute Gasteiger partial charge is 0.344 e. The van der Waals surface area contributed by atoms with Crippen LogP contribution in [0.5, 0.6) is 0 Å². The van der Waals surface area contributed by atoms with Gasteiger partial charge < -0.3 is 10.2 Å². The summed E-state index contributed by atoms with van der Waals surface area (Å²) in [6.45, 7) is 1.52. The standard InChI is InChI=1S/C13H13F3N2O2/c1-2-10-13(20)18(4-3-11(19)17-10)12-8(15)5-7(14)6-9(12)16/h5-6,10H,2-4H2,1H3,(H,17,19). The van der Waals surface area contributed by atoms with Crippen molar-refractivity contribution in [2.75, 3.05) is 11.4 Å². The molecule has 1 saturated heterocycles. The van der Waals surface area contributed by atoms with Gasteiger partial charge in [-0.15, -0.1) is 0 Å². The third-order valence-electron chi connectivity index (χ3n) is 3.12. The minimum Gasteiger partial charge on any atom is -0.344 e. The fourth-order valence-corrected chi connectivity index (χ4v) is 2.13. The van der Waals surface area contributed by atoms with E-state index in [-0.39, 0.29) is 18.9 Å². The lowest BCUT2D eigenvalue weighted by atomic mass is 10.1. The Labute approximate surface area is 113 Å². The van der Waals surface area contributed by atoms with E-state index in [1.54, 1.807) is 6.92 Å². The molecule has 20 heavy (non-hydrogen) atoms. The van der Waals surface area contributed by atoms with Crippen molar-refractivity contribution in [1.29, 1.82) is 0 Å². The van der Waals surface area contributed by atoms with Crippen molar-refractivity contribution in [3.05, 3.63) is 29.6 Å². The fourth-order valence-electron chi connectivity index (χ4n) is 2.13. The summed E-state index contributed by atoms with van der Waals surface area (Å²) in [5.74, 6) is -4.37. The van der Waals surface area contributed by atoms with Crippen LogP contribution in [-0.4, -0.2) is 24.4 Å². The molecule has 1 aromatic carbocycles. The average molecular weight is 286 g/mol. The second-order valence-corrected chi connectivity index (χ2v) is 4.49. The molecule has 0 spiro atoms. The van der Waals surface area contributed by atoms with Gasteiger partial charge >= 0.3 is 0 Å². The molecule has 2 amide bonds. The Balaban J connectivity index is 2.45. The van der Waals surface area contributed by atoms with Gasteiger partial charge in [0.25, 0.3) is 0 Å². The van der Waals surface area contributed by atoms with Gasteiger partial charge in [-0.05, 0) is 6.42 Å². The highest BCUT2D eigenvalue weighted by Crippen LogP contribution is 2.26. The molecule has 1 fully saturated rings. The molecule has 7 heteroatoms. The summed E-state index contributed by atoms with van der Waals surface area (Å²) >= 11 is 0. The predicted molar refractivity (Wildman–Crippen MR) is 65.5 cm³/mol. The van der Waals surface area contributed by atoms with Crippen LogP contribution in [0.4, 0.5) is 18.9 Å². The van der Waals surface area contributed by atoms with Crippen molar-refractivity contribution in [2.24, 2.45) is 0 Å². The van der Waals surface area contributed by atoms with E-state index in [0.29, 0.717) is 18.6 Å². The number of hydrogen-bond acceptors (Lipinski definition) is 2. The zero-order valence-corrected chi connectivity index (χ0v) is 10.8. The van der Waals surface area contributed by atoms with Crippen LogP contribution >= 0.6 is 0 Å². The van der Waals surface area contributed by atoms with Gasteiger partial charge in [0.1, 0.15) is 17.5 Å². The van der Waals surface area contributed by atoms with Crippen molar-refractivity contribution < 1.29 is 22.8 Å². The van der Waals surface area contributed by atoms with Gasteiger partial charge in [-0.2, -0.15) is 0 Å². The number of halogens is 3. The summed E-state index contributed by atoms with van der Waals surface area (Å²) in [7, 11) is 0. The molecule has 0 bridgehead atoms. The summed E-state index contributed by atoms with van der Waals surface area (Å²) in [5.41, 5.74) is -0.619. The molecule has 1 atom stereocenters. The Morgan fingerprint density at radius 1 is 1.25 bits per heavy atom. The number of anilines is 1. The van der Waals surface area contributed by atoms with Crippen LogP contribution in [0.3, 0.4) is 0 Å². The lowest BCUT2D eigenvalue weighted by Crippen LogP contribution is -2.44. The summed E-state index contributed by atoms with van der Waals surface area (Å²) in [5, 5.41) is 2.48. The number of benzene rings is 1. The number of carbonyl (C=O) groups is 2. The van der Waals surface area contributed by atoms with E-state index in [1.165, 1.54) is 0 Å². The van der Waals surface area contributed by atoms with Gasteiger partial charge in [-0.25, -0.2) is 13.2 Å². The van der Waals surface area contributed by atoms with E-state index in [4.69, 9.17) is 0 Å². The van der Waals surface area contributed by atoms with Crippen LogP contribution in [0.25, 0.3) is 0 Å². The molecule has 2 rings (SSSR count). The molecule has 1 N–H and O–H groups in total. The van der Waals surface area contributed by atoms with Gasteiger partial charge in [0.15, 0.2) is 11.6 Å². The number of amides is 2. The van der Waals surface area contributed by atoms with Crippen LogP contribution in [0.15, 0.2) is 12.1 Å². The molecule has 1 aromatic rings. The van der Waals surface area contributed by atoms with Crippen LogP contribution in [0, 0.1) is 17.5 Å². The summed E-state index contributed by atoms with van der Waals surface area (Å²) in [4.78, 5) is 24.5. The van der Waals surface area contributed by atoms with Crippen molar-refractivity contribution in [3.8, 4) is 0 Å². The topological polar surface area (TPSA) is 49.4 Å². The van der Waals surface area contributed by atoms with Crippen LogP contribution in [0.1, 0.15) is 19.8 Å². The van der Waals surface area contributed by atoms with E-state index in [9.17, 15) is 22.8 Å². The molecule has 0 radical (unpaired) electrons. The number of rotatable bonds is 2. The Kier molecular flexibility index (Phi) is 3.96. The van der Waals surface area contributed by atoms with Crippen molar-refractivity contribution >= 4 is 17.5 Å². The van der Waals surface area contributed by atoms with Crippen molar-refractivity contribution in [1.82, 2.24) is 5.32 Å². The first kappa shape index (κ1) is 14.4. The van der Waals surface area contributed by atoms with E-state index in [0.717, 1.165) is 4.90 Å². The number of nitrogens with zero attached hydrogens (tertiary/aromatic N) is 1. The lowest BCUT2D eigenvalue weighted by molar-refractivity contribution is -0.125. The summed E-state index contributed by atoms with van der Waals surface area (Å²) in [6, 6.07) is 0.174. The maximum absolute atomic E-state index is 13.8. The molecule has 0 aromatic heterocycles. The van der Waals surface area contributed by atoms with Crippen molar-refractivity contribution in [3.63, 3.8) is 0 Å². The average Bonchev–Trinajstić information content (AvgIpc) is 2.50. The molecule has 0 aliphatic carbocycles. The molecular weight excluding hydrogens is 273 g/mol. The Hall–Kier alpha value is -2.05. The highest BCUT2D eigenvalue weighted by molar-refractivity contribution is 6.01. The molecule has 1 heterocycles. The highest BCUT2D eigenvalue weighted by atomic mass is 19.1. The van der Waals surface area contributed by atoms with E-state index < -0.39 is 35.1 Å². The van der Waals surface area contributed by atoms with Crippen LogP contribution in [-0.2, 0) is 9.59 Å². The maximum Gasteiger partial charge on any atom is 0.249 e. The van der Waals surface area contributed by atoms with Gasteiger partial charge in [-0.3, -0.25) is 9.59 Å². The Morgan fingerprint density at radius 2 is 1.85 bits per heavy atom. The molecule has 0 saturated carbocycles. The monoisotopic (exact) mass is 286 g/mol. The van der Waals surface area contributed by atoms with Crippen molar-refractivity contribution in [2.45, 2.75) is 25.8 Å². The normalized spacial score (nSPS) is 19.8. The molecule has 4 nitrogen and oxygen atoms in total. The quantitative estimate of drug-likeness (QED) is 0.900. The van der Waals surface area contributed by atoms with Gasteiger partial charge in [0, 0.05) is 25.1 Å². The van der Waals surface area contributed by atoms with Gasteiger partial charge in [0.05, 0.1) is 0 Å². The highest BCUT2D eigenvalue weighted by Gasteiger charge is 2.32. The first-order chi connectivity index (χ1) is 9.43. The van der Waals surface area contributed by atoms with E-state index >= 15 is 0 Å². The first-order valence-electron chi connectivity index (χ1n) is 6.19. The Morgan fingerprint density at radius 3 is 2.40 bits per heavy atom. The maximum atomic E-state index is 13.8. The zero-order chi connectivity index (χ0) is 14.9. The smallest absolute Gasteiger partial charge is 0.249 e. The molecular formula is C13H13F3N2O2. The van der Waals surface area contributed by atoms with Gasteiger partial charge in [0.2, 0.25) is 11.8 Å². The summed E-state index contributed by atoms with van der Waals surface area (Å²) in [6.07, 6.45) is 0.226. The lowest BCUT2D eigenvalue weighted by Gasteiger charge is -2.24. The Bertz CT molecular complexity index is 540. The SMILES string of the molecule is CCC1NC(=O)CCN(c2c(F)cc(F)cc2F)C1=O. The zero-order valence-electron chi connectivity index (χ0n) is 10.8. The fraction of sp³-hybridized carbons (Fsp3) is 0.385. The summed E-state index contributed by atoms with van der Waals surface area (Å²) < 4.78 is 40.4. The number of hydrogen-bond donors (Lipinski definition) is 1. The van der Waals surface area contributed by atoms with E-state index in [2.05, 4.69) is 5.32 Å². The molecule has 108 valence electrons. The van der Waals surface area contributed by atoms with Gasteiger partial charge in [-0.1, -0.05) is 6.92 Å². The molecule has 1 aliphatic rings. The second-order valence-electron chi connectivity index (χ2n) is 4.49. The minimum atomic E-state index is -1.17. The minimum absolute atomic E-state index is 0.0709. The molecule has 1 aliphatic heterocycles. The predicted octanol–water partition coefficient (Wildman–Crippen LogP) is 1.74. The molecule has 1 unspecified atom stereocenters. The van der Waals surface area contributed by atoms with E-state index in [1.807, 2.05) is 0 Å². The van der Waals surface area contributed by atoms with Crippen LogP contribution in [0.2, 0.25) is 0 Å². The third-order valence-corrected chi connectivity index (χ3v) is 3.12. The second kappa shape index (κ2) is 5.52. The van der Waals surface area contributed by atoms with Crippen LogP contribution < -0.4 is 10.2 Å². The number of carbonyl (C=O) groups excluding carboxylic acids is 2. The number of nitrogens with one attached hydrogen (secondary N) is 1. The third kappa shape index (κ3) is 2.61.